The second-order valence-electron chi connectivity index (χ2n) is 5.95. The van der Waals surface area contributed by atoms with E-state index in [1.807, 2.05) is 23.6 Å². The molecule has 3 rings (SSSR count). The number of hydrogen-bond acceptors (Lipinski definition) is 4. The zero-order chi connectivity index (χ0) is 20.1. The molecule has 2 aromatic carbocycles. The Kier molecular flexibility index (Phi) is 6.99. The summed E-state index contributed by atoms with van der Waals surface area (Å²) < 4.78 is 21.1. The summed E-state index contributed by atoms with van der Waals surface area (Å²) in [4.78, 5) is 0. The van der Waals surface area contributed by atoms with Gasteiger partial charge in [0.1, 0.15) is 11.6 Å². The Balaban J connectivity index is 1.79. The van der Waals surface area contributed by atoms with Crippen molar-refractivity contribution in [1.82, 2.24) is 14.8 Å². The largest absolute Gasteiger partial charge is 0.481 e. The van der Waals surface area contributed by atoms with Gasteiger partial charge in [0.25, 0.3) is 0 Å². The van der Waals surface area contributed by atoms with E-state index in [1.54, 1.807) is 24.3 Å². The fourth-order valence-corrected chi connectivity index (χ4v) is 4.03. The zero-order valence-corrected chi connectivity index (χ0v) is 17.4. The summed E-state index contributed by atoms with van der Waals surface area (Å²) in [5.41, 5.74) is 0.822. The molecule has 4 nitrogen and oxygen atoms in total. The van der Waals surface area contributed by atoms with Crippen LogP contribution in [0.1, 0.15) is 24.4 Å². The summed E-state index contributed by atoms with van der Waals surface area (Å²) in [5.74, 6) is 1.42. The van der Waals surface area contributed by atoms with Gasteiger partial charge in [-0.05, 0) is 36.8 Å². The topological polar surface area (TPSA) is 39.9 Å². The second-order valence-corrected chi connectivity index (χ2v) is 7.71. The molecule has 1 heterocycles. The van der Waals surface area contributed by atoms with Crippen molar-refractivity contribution < 1.29 is 9.13 Å². The third-order valence-electron chi connectivity index (χ3n) is 3.93. The van der Waals surface area contributed by atoms with Gasteiger partial charge in [0.15, 0.2) is 17.1 Å². The number of aromatic nitrogens is 3. The van der Waals surface area contributed by atoms with Gasteiger partial charge in [-0.3, -0.25) is 4.57 Å². The Morgan fingerprint density at radius 3 is 2.71 bits per heavy atom. The smallest absolute Gasteiger partial charge is 0.191 e. The SMILES string of the molecule is C=CCn1c(SCc2ccc(F)cc2Cl)nnc1C(C)Oc1ccccc1Cl. The van der Waals surface area contributed by atoms with E-state index in [4.69, 9.17) is 27.9 Å². The van der Waals surface area contributed by atoms with Crippen molar-refractivity contribution in [2.75, 3.05) is 0 Å². The van der Waals surface area contributed by atoms with Crippen molar-refractivity contribution in [2.45, 2.75) is 30.5 Å². The van der Waals surface area contributed by atoms with Crippen LogP contribution in [0.25, 0.3) is 0 Å². The van der Waals surface area contributed by atoms with Gasteiger partial charge in [0, 0.05) is 17.3 Å². The van der Waals surface area contributed by atoms with E-state index >= 15 is 0 Å². The molecule has 0 spiro atoms. The number of para-hydroxylation sites is 1. The number of nitrogens with zero attached hydrogens (tertiary/aromatic N) is 3. The average molecular weight is 438 g/mol. The highest BCUT2D eigenvalue weighted by atomic mass is 35.5. The second kappa shape index (κ2) is 9.45. The molecular weight excluding hydrogens is 420 g/mol. The molecule has 0 N–H and O–H groups in total. The minimum absolute atomic E-state index is 0.360. The van der Waals surface area contributed by atoms with Gasteiger partial charge in [-0.2, -0.15) is 0 Å². The minimum atomic E-state index is -0.365. The van der Waals surface area contributed by atoms with Crippen LogP contribution in [0, 0.1) is 5.82 Å². The van der Waals surface area contributed by atoms with Crippen LogP contribution in [0.3, 0.4) is 0 Å². The molecule has 0 aliphatic carbocycles. The number of halogens is 3. The van der Waals surface area contributed by atoms with Crippen LogP contribution in [0.5, 0.6) is 5.75 Å². The lowest BCUT2D eigenvalue weighted by molar-refractivity contribution is 0.210. The molecule has 28 heavy (non-hydrogen) atoms. The molecule has 3 aromatic rings. The predicted molar refractivity (Wildman–Crippen MR) is 112 cm³/mol. The normalized spacial score (nSPS) is 12.0. The first kappa shape index (κ1) is 20.7. The first-order valence-corrected chi connectivity index (χ1v) is 10.3. The maximum atomic E-state index is 13.2. The molecule has 0 bridgehead atoms. The number of rotatable bonds is 8. The van der Waals surface area contributed by atoms with Crippen LogP contribution < -0.4 is 4.74 Å². The van der Waals surface area contributed by atoms with Crippen LogP contribution in [-0.4, -0.2) is 14.8 Å². The van der Waals surface area contributed by atoms with Crippen LogP contribution in [0.2, 0.25) is 10.0 Å². The van der Waals surface area contributed by atoms with Crippen molar-refractivity contribution in [3.05, 3.63) is 82.4 Å². The quantitative estimate of drug-likeness (QED) is 0.304. The lowest BCUT2D eigenvalue weighted by Crippen LogP contribution is -2.12. The Labute approximate surface area is 177 Å². The Bertz CT molecular complexity index is 980. The molecule has 1 unspecified atom stereocenters. The van der Waals surface area contributed by atoms with Gasteiger partial charge in [0.2, 0.25) is 0 Å². The molecule has 1 atom stereocenters. The maximum Gasteiger partial charge on any atom is 0.191 e. The Morgan fingerprint density at radius 2 is 2.00 bits per heavy atom. The first-order chi connectivity index (χ1) is 13.5. The third kappa shape index (κ3) is 4.87. The standard InChI is InChI=1S/C20H18Cl2FN3OS/c1-3-10-26-19(13(2)27-18-7-5-4-6-16(18)21)24-25-20(26)28-12-14-8-9-15(23)11-17(14)22/h3-9,11,13H,1,10,12H2,2H3. The molecule has 0 radical (unpaired) electrons. The predicted octanol–water partition coefficient (Wildman–Crippen LogP) is 6.34. The average Bonchev–Trinajstić information content (AvgIpc) is 3.06. The van der Waals surface area contributed by atoms with E-state index in [9.17, 15) is 4.39 Å². The summed E-state index contributed by atoms with van der Waals surface area (Å²) in [7, 11) is 0. The lowest BCUT2D eigenvalue weighted by atomic mass is 10.2. The summed E-state index contributed by atoms with van der Waals surface area (Å²) in [5, 5.41) is 10.2. The number of ether oxygens (including phenoxy) is 1. The number of allylic oxidation sites excluding steroid dienone is 1. The number of benzene rings is 2. The van der Waals surface area contributed by atoms with E-state index in [1.165, 1.54) is 23.9 Å². The Morgan fingerprint density at radius 1 is 1.21 bits per heavy atom. The van der Waals surface area contributed by atoms with E-state index in [0.29, 0.717) is 39.1 Å². The van der Waals surface area contributed by atoms with E-state index in [0.717, 1.165) is 5.56 Å². The van der Waals surface area contributed by atoms with Crippen LogP contribution in [-0.2, 0) is 12.3 Å². The molecule has 0 saturated carbocycles. The van der Waals surface area contributed by atoms with Gasteiger partial charge < -0.3 is 4.74 Å². The molecule has 0 saturated heterocycles. The number of thioether (sulfide) groups is 1. The summed E-state index contributed by atoms with van der Waals surface area (Å²) in [6, 6.07) is 11.6. The van der Waals surface area contributed by atoms with Crippen molar-refractivity contribution in [1.29, 1.82) is 0 Å². The third-order valence-corrected chi connectivity index (χ3v) is 5.61. The van der Waals surface area contributed by atoms with Crippen molar-refractivity contribution >= 4 is 35.0 Å². The molecule has 146 valence electrons. The monoisotopic (exact) mass is 437 g/mol. The lowest BCUT2D eigenvalue weighted by Gasteiger charge is -2.16. The number of hydrogen-bond donors (Lipinski definition) is 0. The summed E-state index contributed by atoms with van der Waals surface area (Å²) in [6.07, 6.45) is 1.40. The fraction of sp³-hybridized carbons (Fsp3) is 0.200. The van der Waals surface area contributed by atoms with Gasteiger partial charge in [-0.25, -0.2) is 4.39 Å². The highest BCUT2D eigenvalue weighted by Gasteiger charge is 2.20. The van der Waals surface area contributed by atoms with E-state index in [-0.39, 0.29) is 11.9 Å². The molecule has 0 aliphatic heterocycles. The van der Waals surface area contributed by atoms with E-state index < -0.39 is 0 Å². The van der Waals surface area contributed by atoms with Crippen molar-refractivity contribution in [2.24, 2.45) is 0 Å². The molecule has 0 amide bonds. The summed E-state index contributed by atoms with van der Waals surface area (Å²) >= 11 is 13.8. The molecule has 0 fully saturated rings. The van der Waals surface area contributed by atoms with E-state index in [2.05, 4.69) is 16.8 Å². The minimum Gasteiger partial charge on any atom is -0.481 e. The van der Waals surface area contributed by atoms with Crippen LogP contribution in [0.4, 0.5) is 4.39 Å². The highest BCUT2D eigenvalue weighted by Crippen LogP contribution is 2.31. The molecule has 1 aromatic heterocycles. The van der Waals surface area contributed by atoms with Gasteiger partial charge in [-0.15, -0.1) is 16.8 Å². The zero-order valence-electron chi connectivity index (χ0n) is 15.1. The maximum absolute atomic E-state index is 13.2. The van der Waals surface area contributed by atoms with Crippen LogP contribution >= 0.6 is 35.0 Å². The summed E-state index contributed by atoms with van der Waals surface area (Å²) in [6.45, 7) is 6.22. The Hall–Kier alpha value is -2.02. The van der Waals surface area contributed by atoms with Gasteiger partial charge in [-0.1, -0.05) is 59.2 Å². The van der Waals surface area contributed by atoms with Gasteiger partial charge >= 0.3 is 0 Å². The van der Waals surface area contributed by atoms with Crippen molar-refractivity contribution in [3.8, 4) is 5.75 Å². The molecule has 8 heteroatoms. The highest BCUT2D eigenvalue weighted by molar-refractivity contribution is 7.98. The first-order valence-electron chi connectivity index (χ1n) is 8.51. The van der Waals surface area contributed by atoms with Crippen LogP contribution in [0.15, 0.2) is 60.3 Å². The molecular formula is C20H18Cl2FN3OS. The van der Waals surface area contributed by atoms with Gasteiger partial charge in [0.05, 0.1) is 5.02 Å². The van der Waals surface area contributed by atoms with Crippen molar-refractivity contribution in [3.63, 3.8) is 0 Å². The fourth-order valence-electron chi connectivity index (χ4n) is 2.57. The molecule has 0 aliphatic rings.